The molecule has 1 fully saturated rings. The molecular weight excluding hydrogens is 226 g/mol. The van der Waals surface area contributed by atoms with E-state index >= 15 is 0 Å². The maximum Gasteiger partial charge on any atom is 0.153 e. The topological polar surface area (TPSA) is 43.4 Å². The zero-order valence-electron chi connectivity index (χ0n) is 11.3. The summed E-state index contributed by atoms with van der Waals surface area (Å²) in [5.74, 6) is 1.06. The molecule has 1 aliphatic heterocycles. The average molecular weight is 249 g/mol. The number of nitrogens with one attached hydrogen (secondary N) is 2. The van der Waals surface area contributed by atoms with Gasteiger partial charge in [0, 0.05) is 45.5 Å². The number of hydrogen-bond donors (Lipinski definition) is 2. The summed E-state index contributed by atoms with van der Waals surface area (Å²) in [7, 11) is 0. The van der Waals surface area contributed by atoms with E-state index < -0.39 is 0 Å². The molecule has 5 heteroatoms. The van der Waals surface area contributed by atoms with Gasteiger partial charge in [0.05, 0.1) is 5.69 Å². The molecule has 5 nitrogen and oxygen atoms in total. The second kappa shape index (κ2) is 6.56. The second-order valence-corrected chi connectivity index (χ2v) is 4.40. The van der Waals surface area contributed by atoms with Crippen molar-refractivity contribution in [3.8, 4) is 0 Å². The summed E-state index contributed by atoms with van der Waals surface area (Å²) in [6.45, 7) is 10.4. The van der Waals surface area contributed by atoms with E-state index in [9.17, 15) is 0 Å². The summed E-state index contributed by atoms with van der Waals surface area (Å²) in [6.07, 6.45) is 1.87. The maximum absolute atomic E-state index is 4.53. The highest BCUT2D eigenvalue weighted by atomic mass is 15.5. The van der Waals surface area contributed by atoms with E-state index in [1.165, 1.54) is 0 Å². The van der Waals surface area contributed by atoms with Gasteiger partial charge in [-0.25, -0.2) is 9.99 Å². The average Bonchev–Trinajstić information content (AvgIpc) is 2.46. The highest BCUT2D eigenvalue weighted by molar-refractivity contribution is 5.65. The van der Waals surface area contributed by atoms with Gasteiger partial charge in [-0.1, -0.05) is 13.8 Å². The minimum atomic E-state index is 0.979. The van der Waals surface area contributed by atoms with Gasteiger partial charge in [-0.2, -0.15) is 0 Å². The summed E-state index contributed by atoms with van der Waals surface area (Å²) in [4.78, 5) is 6.87. The number of nitrogens with zero attached hydrogens (tertiary/aromatic N) is 3. The number of piperazine rings is 1. The van der Waals surface area contributed by atoms with Gasteiger partial charge < -0.3 is 15.6 Å². The smallest absolute Gasteiger partial charge is 0.153 e. The van der Waals surface area contributed by atoms with Crippen LogP contribution in [-0.2, 0) is 0 Å². The van der Waals surface area contributed by atoms with Crippen LogP contribution in [-0.4, -0.2) is 49.3 Å². The second-order valence-electron chi connectivity index (χ2n) is 4.40. The van der Waals surface area contributed by atoms with Crippen molar-refractivity contribution in [2.24, 2.45) is 0 Å². The Morgan fingerprint density at radius 1 is 1.33 bits per heavy atom. The normalized spacial score (nSPS) is 16.1. The summed E-state index contributed by atoms with van der Waals surface area (Å²) >= 11 is 0. The van der Waals surface area contributed by atoms with Gasteiger partial charge >= 0.3 is 0 Å². The lowest BCUT2D eigenvalue weighted by Crippen LogP contribution is -2.44. The lowest BCUT2D eigenvalue weighted by molar-refractivity contribution is 0.367. The van der Waals surface area contributed by atoms with E-state index in [2.05, 4.69) is 45.5 Å². The number of rotatable bonds is 5. The molecule has 1 aliphatic rings. The van der Waals surface area contributed by atoms with Gasteiger partial charge in [-0.15, -0.1) is 0 Å². The summed E-state index contributed by atoms with van der Waals surface area (Å²) in [6, 6.07) is 4.08. The summed E-state index contributed by atoms with van der Waals surface area (Å²) in [5.41, 5.74) is 4.55. The first-order chi connectivity index (χ1) is 8.85. The molecule has 0 aromatic carbocycles. The fraction of sp³-hybridized carbons (Fsp3) is 0.615. The third-order valence-corrected chi connectivity index (χ3v) is 3.25. The monoisotopic (exact) mass is 249 g/mol. The van der Waals surface area contributed by atoms with Crippen LogP contribution in [0.5, 0.6) is 0 Å². The first-order valence-corrected chi connectivity index (χ1v) is 6.77. The Kier molecular flexibility index (Phi) is 4.78. The van der Waals surface area contributed by atoms with Gasteiger partial charge in [0.15, 0.2) is 5.82 Å². The molecule has 1 aromatic heterocycles. The van der Waals surface area contributed by atoms with Crippen molar-refractivity contribution >= 4 is 11.5 Å². The minimum absolute atomic E-state index is 0.979. The quantitative estimate of drug-likeness (QED) is 0.767. The van der Waals surface area contributed by atoms with Gasteiger partial charge in [-0.3, -0.25) is 0 Å². The minimum Gasteiger partial charge on any atom is -0.352 e. The van der Waals surface area contributed by atoms with Gasteiger partial charge in [0.25, 0.3) is 0 Å². The van der Waals surface area contributed by atoms with Crippen LogP contribution < -0.4 is 15.6 Å². The molecule has 0 radical (unpaired) electrons. The van der Waals surface area contributed by atoms with Gasteiger partial charge in [0.2, 0.25) is 0 Å². The number of pyridine rings is 1. The van der Waals surface area contributed by atoms with Crippen molar-refractivity contribution in [3.63, 3.8) is 0 Å². The molecule has 0 atom stereocenters. The van der Waals surface area contributed by atoms with E-state index in [-0.39, 0.29) is 0 Å². The number of aromatic nitrogens is 1. The van der Waals surface area contributed by atoms with E-state index in [0.717, 1.165) is 50.8 Å². The molecule has 0 saturated carbocycles. The third kappa shape index (κ3) is 3.11. The Morgan fingerprint density at radius 3 is 2.72 bits per heavy atom. The number of hydrazine groups is 1. The van der Waals surface area contributed by atoms with Crippen molar-refractivity contribution in [3.05, 3.63) is 18.3 Å². The largest absolute Gasteiger partial charge is 0.352 e. The predicted molar refractivity (Wildman–Crippen MR) is 75.9 cm³/mol. The summed E-state index contributed by atoms with van der Waals surface area (Å²) in [5, 5.41) is 5.55. The molecular formula is C13H23N5. The molecule has 0 bridgehead atoms. The lowest BCUT2D eigenvalue weighted by atomic mass is 10.3. The fourth-order valence-corrected chi connectivity index (χ4v) is 2.16. The summed E-state index contributed by atoms with van der Waals surface area (Å²) < 4.78 is 0. The highest BCUT2D eigenvalue weighted by Gasteiger charge is 2.15. The van der Waals surface area contributed by atoms with Crippen molar-refractivity contribution < 1.29 is 0 Å². The van der Waals surface area contributed by atoms with Gasteiger partial charge in [-0.05, 0) is 12.1 Å². The standard InChI is InChI=1S/C13H23N5/c1-3-18(4-2)16-12-6-5-7-15-13(12)17-10-8-14-9-11-17/h5-7,14,16H,3-4,8-11H2,1-2H3. The van der Waals surface area contributed by atoms with E-state index in [4.69, 9.17) is 0 Å². The Labute approximate surface area is 109 Å². The van der Waals surface area contributed by atoms with Crippen LogP contribution in [0, 0.1) is 0 Å². The van der Waals surface area contributed by atoms with Crippen LogP contribution in [0.1, 0.15) is 13.8 Å². The Morgan fingerprint density at radius 2 is 2.06 bits per heavy atom. The first-order valence-electron chi connectivity index (χ1n) is 6.77. The first kappa shape index (κ1) is 13.1. The van der Waals surface area contributed by atoms with E-state index in [1.807, 2.05) is 12.3 Å². The highest BCUT2D eigenvalue weighted by Crippen LogP contribution is 2.23. The Bertz CT molecular complexity index is 358. The van der Waals surface area contributed by atoms with Crippen molar-refractivity contribution in [2.45, 2.75) is 13.8 Å². The van der Waals surface area contributed by atoms with Crippen molar-refractivity contribution in [1.82, 2.24) is 15.3 Å². The van der Waals surface area contributed by atoms with E-state index in [1.54, 1.807) is 0 Å². The van der Waals surface area contributed by atoms with Crippen LogP contribution in [0.2, 0.25) is 0 Å². The fourth-order valence-electron chi connectivity index (χ4n) is 2.16. The molecule has 18 heavy (non-hydrogen) atoms. The molecule has 2 heterocycles. The molecule has 100 valence electrons. The van der Waals surface area contributed by atoms with Crippen molar-refractivity contribution in [1.29, 1.82) is 0 Å². The van der Waals surface area contributed by atoms with Crippen LogP contribution in [0.25, 0.3) is 0 Å². The molecule has 0 spiro atoms. The molecule has 0 amide bonds. The zero-order valence-corrected chi connectivity index (χ0v) is 11.3. The predicted octanol–water partition coefficient (Wildman–Crippen LogP) is 1.16. The van der Waals surface area contributed by atoms with E-state index in [0.29, 0.717) is 0 Å². The Hall–Kier alpha value is -1.33. The lowest BCUT2D eigenvalue weighted by Gasteiger charge is -2.31. The molecule has 2 N–H and O–H groups in total. The number of anilines is 2. The molecule has 2 rings (SSSR count). The molecule has 1 aromatic rings. The zero-order chi connectivity index (χ0) is 12.8. The van der Waals surface area contributed by atoms with Crippen LogP contribution in [0.15, 0.2) is 18.3 Å². The van der Waals surface area contributed by atoms with Crippen LogP contribution >= 0.6 is 0 Å². The maximum atomic E-state index is 4.53. The molecule has 1 saturated heterocycles. The van der Waals surface area contributed by atoms with Crippen LogP contribution in [0.4, 0.5) is 11.5 Å². The SMILES string of the molecule is CCN(CC)Nc1cccnc1N1CCNCC1. The Balaban J connectivity index is 2.13. The van der Waals surface area contributed by atoms with Crippen LogP contribution in [0.3, 0.4) is 0 Å². The van der Waals surface area contributed by atoms with Gasteiger partial charge in [0.1, 0.15) is 0 Å². The molecule has 0 unspecified atom stereocenters. The third-order valence-electron chi connectivity index (χ3n) is 3.25. The number of hydrogen-bond acceptors (Lipinski definition) is 5. The van der Waals surface area contributed by atoms with Crippen molar-refractivity contribution in [2.75, 3.05) is 49.6 Å². The molecule has 0 aliphatic carbocycles.